The van der Waals surface area contributed by atoms with Gasteiger partial charge in [-0.05, 0) is 31.2 Å². The molecule has 2 aromatic heterocycles. The first-order valence-electron chi connectivity index (χ1n) is 10.1. The lowest BCUT2D eigenvalue weighted by Gasteiger charge is -2.12. The minimum atomic E-state index is -4.05. The molecule has 3 atom stereocenters. The Morgan fingerprint density at radius 2 is 2.03 bits per heavy atom. The second-order valence-corrected chi connectivity index (χ2v) is 8.90. The standard InChI is InChI=1S/C19H25N7O4S/c20-31(28,29)30-11-14-9-15(10-16(14)27)26-19-17(24-25-26)18(22-12-23-19)21-8-4-7-13-5-2-1-3-6-13/h1-3,5-6,12,14-16,27H,4,7-11H2,(H2,20,28,29)(H,21,22,23)/t14-,15+,16-/m0/s1. The molecule has 4 N–H and O–H groups in total. The van der Waals surface area contributed by atoms with E-state index in [0.29, 0.717) is 29.8 Å². The van der Waals surface area contributed by atoms with E-state index in [9.17, 15) is 13.5 Å². The third-order valence-corrected chi connectivity index (χ3v) is 5.93. The summed E-state index contributed by atoms with van der Waals surface area (Å²) in [5.74, 6) is 0.233. The maximum Gasteiger partial charge on any atom is 0.333 e. The van der Waals surface area contributed by atoms with Crippen LogP contribution in [0.3, 0.4) is 0 Å². The van der Waals surface area contributed by atoms with Gasteiger partial charge in [0.25, 0.3) is 0 Å². The first-order valence-corrected chi connectivity index (χ1v) is 11.6. The largest absolute Gasteiger partial charge is 0.393 e. The van der Waals surface area contributed by atoms with Crippen LogP contribution in [0.5, 0.6) is 0 Å². The Bertz CT molecular complexity index is 1120. The number of aliphatic hydroxyl groups excluding tert-OH is 1. The topological polar surface area (TPSA) is 158 Å². The fraction of sp³-hybridized carbons (Fsp3) is 0.474. The molecule has 0 spiro atoms. The lowest BCUT2D eigenvalue weighted by atomic mass is 10.1. The van der Waals surface area contributed by atoms with E-state index in [1.54, 1.807) is 4.68 Å². The number of fused-ring (bicyclic) bond motifs is 1. The predicted octanol–water partition coefficient (Wildman–Crippen LogP) is 0.798. The van der Waals surface area contributed by atoms with Gasteiger partial charge >= 0.3 is 10.3 Å². The Kier molecular flexibility index (Phi) is 6.41. The molecule has 2 heterocycles. The lowest BCUT2D eigenvalue weighted by molar-refractivity contribution is 0.100. The van der Waals surface area contributed by atoms with E-state index in [4.69, 9.17) is 5.14 Å². The molecule has 12 heteroatoms. The number of aryl methyl sites for hydroxylation is 1. The third-order valence-electron chi connectivity index (χ3n) is 5.46. The van der Waals surface area contributed by atoms with Crippen LogP contribution < -0.4 is 10.5 Å². The van der Waals surface area contributed by atoms with Crippen LogP contribution in [0.2, 0.25) is 0 Å². The van der Waals surface area contributed by atoms with Crippen molar-refractivity contribution < 1.29 is 17.7 Å². The number of aliphatic hydroxyl groups is 1. The van der Waals surface area contributed by atoms with E-state index in [1.165, 1.54) is 11.9 Å². The van der Waals surface area contributed by atoms with Gasteiger partial charge in [-0.3, -0.25) is 4.18 Å². The maximum absolute atomic E-state index is 11.0. The SMILES string of the molecule is NS(=O)(=O)OC[C@@H]1C[C@@H](n2nnc3c(NCCCc4ccccc4)ncnc32)C[C@@H]1O. The van der Waals surface area contributed by atoms with Crippen molar-refractivity contribution in [1.82, 2.24) is 25.0 Å². The molecule has 0 unspecified atom stereocenters. The third kappa shape index (κ3) is 5.34. The summed E-state index contributed by atoms with van der Waals surface area (Å²) in [6.07, 6.45) is 3.47. The normalized spacial score (nSPS) is 21.5. The van der Waals surface area contributed by atoms with E-state index in [-0.39, 0.29) is 18.6 Å². The summed E-state index contributed by atoms with van der Waals surface area (Å²) < 4.78 is 28.4. The van der Waals surface area contributed by atoms with Crippen LogP contribution >= 0.6 is 0 Å². The highest BCUT2D eigenvalue weighted by molar-refractivity contribution is 7.84. The predicted molar refractivity (Wildman–Crippen MR) is 113 cm³/mol. The molecule has 3 aromatic rings. The molecular formula is C19H25N7O4S. The fourth-order valence-electron chi connectivity index (χ4n) is 3.92. The molecule has 1 aliphatic rings. The van der Waals surface area contributed by atoms with E-state index in [2.05, 4.69) is 41.9 Å². The monoisotopic (exact) mass is 447 g/mol. The highest BCUT2D eigenvalue weighted by atomic mass is 32.2. The van der Waals surface area contributed by atoms with E-state index < -0.39 is 16.4 Å². The van der Waals surface area contributed by atoms with Crippen LogP contribution in [-0.4, -0.2) is 57.7 Å². The number of hydrogen-bond acceptors (Lipinski definition) is 9. The van der Waals surface area contributed by atoms with E-state index >= 15 is 0 Å². The number of hydrogen-bond donors (Lipinski definition) is 3. The van der Waals surface area contributed by atoms with Crippen molar-refractivity contribution in [3.8, 4) is 0 Å². The van der Waals surface area contributed by atoms with Crippen LogP contribution in [0, 0.1) is 5.92 Å². The van der Waals surface area contributed by atoms with Gasteiger partial charge in [-0.15, -0.1) is 5.10 Å². The Labute approximate surface area is 179 Å². The van der Waals surface area contributed by atoms with Gasteiger partial charge in [-0.1, -0.05) is 35.5 Å². The summed E-state index contributed by atoms with van der Waals surface area (Å²) in [5, 5.41) is 26.9. The van der Waals surface area contributed by atoms with Crippen molar-refractivity contribution in [2.45, 2.75) is 37.8 Å². The van der Waals surface area contributed by atoms with Gasteiger partial charge < -0.3 is 10.4 Å². The molecule has 31 heavy (non-hydrogen) atoms. The molecule has 0 saturated heterocycles. The Hall–Kier alpha value is -2.67. The zero-order chi connectivity index (χ0) is 21.8. The molecule has 0 aliphatic heterocycles. The summed E-state index contributed by atoms with van der Waals surface area (Å²) in [7, 11) is -4.05. The summed E-state index contributed by atoms with van der Waals surface area (Å²) >= 11 is 0. The molecule has 0 bridgehead atoms. The maximum atomic E-state index is 11.0. The molecule has 1 aromatic carbocycles. The number of benzene rings is 1. The van der Waals surface area contributed by atoms with Crippen molar-refractivity contribution in [3.63, 3.8) is 0 Å². The summed E-state index contributed by atoms with van der Waals surface area (Å²) in [5.41, 5.74) is 2.40. The van der Waals surface area contributed by atoms with Crippen molar-refractivity contribution in [3.05, 3.63) is 42.2 Å². The highest BCUT2D eigenvalue weighted by Crippen LogP contribution is 2.36. The number of anilines is 1. The molecule has 4 rings (SSSR count). The fourth-order valence-corrected chi connectivity index (χ4v) is 4.28. The zero-order valence-corrected chi connectivity index (χ0v) is 17.6. The quantitative estimate of drug-likeness (QED) is 0.403. The molecule has 1 aliphatic carbocycles. The number of nitrogens with zero attached hydrogens (tertiary/aromatic N) is 5. The number of rotatable bonds is 9. The van der Waals surface area contributed by atoms with E-state index in [0.717, 1.165) is 19.4 Å². The lowest BCUT2D eigenvalue weighted by Crippen LogP contribution is -2.24. The van der Waals surface area contributed by atoms with Gasteiger partial charge in [0, 0.05) is 12.5 Å². The summed E-state index contributed by atoms with van der Waals surface area (Å²) in [4.78, 5) is 8.61. The number of nitrogens with one attached hydrogen (secondary N) is 1. The van der Waals surface area contributed by atoms with Crippen molar-refractivity contribution >= 4 is 27.3 Å². The van der Waals surface area contributed by atoms with Crippen LogP contribution in [0.25, 0.3) is 11.2 Å². The van der Waals surface area contributed by atoms with Crippen LogP contribution in [0.15, 0.2) is 36.7 Å². The van der Waals surface area contributed by atoms with Gasteiger partial charge in [0.05, 0.1) is 18.8 Å². The Morgan fingerprint density at radius 3 is 2.81 bits per heavy atom. The first kappa shape index (κ1) is 21.6. The second-order valence-electron chi connectivity index (χ2n) is 7.67. The minimum Gasteiger partial charge on any atom is -0.393 e. The van der Waals surface area contributed by atoms with Gasteiger partial charge in [0.1, 0.15) is 6.33 Å². The molecule has 0 radical (unpaired) electrons. The average molecular weight is 448 g/mol. The van der Waals surface area contributed by atoms with Gasteiger partial charge in [0.15, 0.2) is 17.0 Å². The minimum absolute atomic E-state index is 0.174. The molecule has 1 fully saturated rings. The molecule has 166 valence electrons. The van der Waals surface area contributed by atoms with E-state index in [1.807, 2.05) is 18.2 Å². The van der Waals surface area contributed by atoms with Crippen LogP contribution in [0.1, 0.15) is 30.9 Å². The Balaban J connectivity index is 1.40. The van der Waals surface area contributed by atoms with Crippen molar-refractivity contribution in [2.75, 3.05) is 18.5 Å². The second kappa shape index (κ2) is 9.22. The van der Waals surface area contributed by atoms with Gasteiger partial charge in [0.2, 0.25) is 0 Å². The number of nitrogens with two attached hydrogens (primary N) is 1. The highest BCUT2D eigenvalue weighted by Gasteiger charge is 2.36. The van der Waals surface area contributed by atoms with Crippen LogP contribution in [0.4, 0.5) is 5.82 Å². The molecular weight excluding hydrogens is 422 g/mol. The van der Waals surface area contributed by atoms with Crippen molar-refractivity contribution in [2.24, 2.45) is 11.1 Å². The number of aromatic nitrogens is 5. The zero-order valence-electron chi connectivity index (χ0n) is 16.8. The van der Waals surface area contributed by atoms with Crippen LogP contribution in [-0.2, 0) is 20.9 Å². The smallest absolute Gasteiger partial charge is 0.333 e. The Morgan fingerprint density at radius 1 is 1.23 bits per heavy atom. The summed E-state index contributed by atoms with van der Waals surface area (Å²) in [6, 6.07) is 10.1. The molecule has 1 saturated carbocycles. The van der Waals surface area contributed by atoms with Gasteiger partial charge in [-0.25, -0.2) is 19.8 Å². The molecule has 11 nitrogen and oxygen atoms in total. The average Bonchev–Trinajstić information content (AvgIpc) is 3.33. The van der Waals surface area contributed by atoms with Gasteiger partial charge in [-0.2, -0.15) is 8.42 Å². The first-order chi connectivity index (χ1) is 14.9. The summed E-state index contributed by atoms with van der Waals surface area (Å²) in [6.45, 7) is 0.551. The van der Waals surface area contributed by atoms with Crippen molar-refractivity contribution in [1.29, 1.82) is 0 Å². The molecule has 0 amide bonds.